The highest BCUT2D eigenvalue weighted by Crippen LogP contribution is 2.55. The molecule has 1 heterocycles. The van der Waals surface area contributed by atoms with Crippen LogP contribution in [0.15, 0.2) is 0 Å². The van der Waals surface area contributed by atoms with E-state index in [-0.39, 0.29) is 11.9 Å². The lowest BCUT2D eigenvalue weighted by Crippen LogP contribution is -2.45. The first kappa shape index (κ1) is 12.0. The fraction of sp³-hybridized carbons (Fsp3) is 0.857. The zero-order chi connectivity index (χ0) is 12.8. The lowest BCUT2D eigenvalue weighted by atomic mass is 9.73. The molecule has 1 atom stereocenters. The molecule has 3 rings (SSSR count). The molecule has 1 aliphatic heterocycles. The van der Waals surface area contributed by atoms with Gasteiger partial charge >= 0.3 is 11.9 Å². The molecule has 0 radical (unpaired) electrons. The van der Waals surface area contributed by atoms with Crippen LogP contribution in [0.4, 0.5) is 0 Å². The molecule has 0 amide bonds. The van der Waals surface area contributed by atoms with E-state index in [4.69, 9.17) is 4.74 Å². The summed E-state index contributed by atoms with van der Waals surface area (Å²) in [5.74, 6) is -1.14. The van der Waals surface area contributed by atoms with Crippen molar-refractivity contribution >= 4 is 11.9 Å². The molecule has 0 aromatic carbocycles. The van der Waals surface area contributed by atoms with Crippen molar-refractivity contribution in [2.45, 2.75) is 63.4 Å². The quantitative estimate of drug-likeness (QED) is 0.767. The summed E-state index contributed by atoms with van der Waals surface area (Å²) in [6, 6.07) is 0. The number of cyclic esters (lactones) is 1. The van der Waals surface area contributed by atoms with Crippen LogP contribution in [-0.2, 0) is 14.3 Å². The number of carboxylic acid groups (broad SMARTS) is 1. The van der Waals surface area contributed by atoms with Gasteiger partial charge in [-0.25, -0.2) is 4.79 Å². The Morgan fingerprint density at radius 1 is 1.17 bits per heavy atom. The second kappa shape index (κ2) is 3.97. The van der Waals surface area contributed by atoms with Gasteiger partial charge in [-0.3, -0.25) is 4.79 Å². The highest BCUT2D eigenvalue weighted by molar-refractivity contribution is 5.89. The van der Waals surface area contributed by atoms with Gasteiger partial charge in [0.15, 0.2) is 0 Å². The third-order valence-electron chi connectivity index (χ3n) is 5.25. The van der Waals surface area contributed by atoms with Gasteiger partial charge in [0.1, 0.15) is 0 Å². The van der Waals surface area contributed by atoms with E-state index < -0.39 is 17.0 Å². The van der Waals surface area contributed by atoms with Gasteiger partial charge in [0, 0.05) is 12.3 Å². The Kier molecular flexibility index (Phi) is 2.65. The Labute approximate surface area is 107 Å². The molecule has 4 heteroatoms. The standard InChI is InChI=1S/C14H20O4/c15-11(16)14(10-5-1-2-6-10)9-13(12(17)18-14)7-3-4-8-13/h10H,1-9H2,(H,15,16). The Balaban J connectivity index is 1.92. The molecule has 4 nitrogen and oxygen atoms in total. The van der Waals surface area contributed by atoms with Crippen LogP contribution in [0.1, 0.15) is 57.8 Å². The molecule has 2 saturated carbocycles. The predicted octanol–water partition coefficient (Wildman–Crippen LogP) is 2.51. The molecule has 1 spiro atoms. The van der Waals surface area contributed by atoms with E-state index in [1.807, 2.05) is 0 Å². The zero-order valence-corrected chi connectivity index (χ0v) is 10.6. The molecule has 1 saturated heterocycles. The molecular formula is C14H20O4. The average molecular weight is 252 g/mol. The number of aliphatic carboxylic acids is 1. The first-order chi connectivity index (χ1) is 8.59. The van der Waals surface area contributed by atoms with Gasteiger partial charge in [0.2, 0.25) is 5.60 Å². The molecular weight excluding hydrogens is 232 g/mol. The molecule has 1 unspecified atom stereocenters. The van der Waals surface area contributed by atoms with Crippen LogP contribution in [0, 0.1) is 11.3 Å². The first-order valence-corrected chi connectivity index (χ1v) is 7.06. The molecule has 1 N–H and O–H groups in total. The Hall–Kier alpha value is -1.06. The minimum Gasteiger partial charge on any atom is -0.478 e. The summed E-state index contributed by atoms with van der Waals surface area (Å²) in [5.41, 5.74) is -1.68. The molecule has 0 bridgehead atoms. The van der Waals surface area contributed by atoms with Crippen molar-refractivity contribution in [2.75, 3.05) is 0 Å². The van der Waals surface area contributed by atoms with Crippen LogP contribution >= 0.6 is 0 Å². The van der Waals surface area contributed by atoms with Crippen molar-refractivity contribution in [3.8, 4) is 0 Å². The monoisotopic (exact) mass is 252 g/mol. The molecule has 2 aliphatic carbocycles. The van der Waals surface area contributed by atoms with Crippen molar-refractivity contribution in [2.24, 2.45) is 11.3 Å². The summed E-state index contributed by atoms with van der Waals surface area (Å²) < 4.78 is 5.49. The first-order valence-electron chi connectivity index (χ1n) is 7.06. The van der Waals surface area contributed by atoms with E-state index in [9.17, 15) is 14.7 Å². The van der Waals surface area contributed by atoms with E-state index in [0.717, 1.165) is 51.4 Å². The number of ether oxygens (including phenoxy) is 1. The van der Waals surface area contributed by atoms with Crippen molar-refractivity contribution in [3.63, 3.8) is 0 Å². The summed E-state index contributed by atoms with van der Waals surface area (Å²) >= 11 is 0. The summed E-state index contributed by atoms with van der Waals surface area (Å²) in [4.78, 5) is 23.9. The average Bonchev–Trinajstić information content (AvgIpc) is 3.03. The Morgan fingerprint density at radius 3 is 2.33 bits per heavy atom. The fourth-order valence-corrected chi connectivity index (χ4v) is 4.23. The van der Waals surface area contributed by atoms with Gasteiger partial charge in [-0.2, -0.15) is 0 Å². The van der Waals surface area contributed by atoms with Crippen molar-refractivity contribution in [3.05, 3.63) is 0 Å². The summed E-state index contributed by atoms with van der Waals surface area (Å²) in [5, 5.41) is 9.61. The molecule has 18 heavy (non-hydrogen) atoms. The number of hydrogen-bond acceptors (Lipinski definition) is 3. The second-order valence-corrected chi connectivity index (χ2v) is 6.23. The normalized spacial score (nSPS) is 35.2. The lowest BCUT2D eigenvalue weighted by Gasteiger charge is -2.30. The topological polar surface area (TPSA) is 63.6 Å². The summed E-state index contributed by atoms with van der Waals surface area (Å²) in [6.45, 7) is 0. The third kappa shape index (κ3) is 1.50. The van der Waals surface area contributed by atoms with Gasteiger partial charge in [-0.15, -0.1) is 0 Å². The van der Waals surface area contributed by atoms with E-state index in [1.165, 1.54) is 0 Å². The van der Waals surface area contributed by atoms with Gasteiger partial charge in [-0.05, 0) is 25.7 Å². The summed E-state index contributed by atoms with van der Waals surface area (Å²) in [7, 11) is 0. The maximum Gasteiger partial charge on any atom is 0.348 e. The SMILES string of the molecule is O=C1OC(C(=O)O)(C2CCCC2)CC12CCCC2. The minimum atomic E-state index is -1.21. The number of hydrogen-bond donors (Lipinski definition) is 1. The van der Waals surface area contributed by atoms with Gasteiger partial charge in [0.25, 0.3) is 0 Å². The fourth-order valence-electron chi connectivity index (χ4n) is 4.23. The van der Waals surface area contributed by atoms with Crippen molar-refractivity contribution < 1.29 is 19.4 Å². The number of carbonyl (C=O) groups excluding carboxylic acids is 1. The zero-order valence-electron chi connectivity index (χ0n) is 10.6. The smallest absolute Gasteiger partial charge is 0.348 e. The highest BCUT2D eigenvalue weighted by Gasteiger charge is 2.64. The molecule has 3 aliphatic rings. The summed E-state index contributed by atoms with van der Waals surface area (Å²) in [6.07, 6.45) is 7.98. The van der Waals surface area contributed by atoms with Crippen LogP contribution in [0.3, 0.4) is 0 Å². The second-order valence-electron chi connectivity index (χ2n) is 6.23. The van der Waals surface area contributed by atoms with Crippen LogP contribution in [0.5, 0.6) is 0 Å². The largest absolute Gasteiger partial charge is 0.478 e. The Bertz CT molecular complexity index is 377. The van der Waals surface area contributed by atoms with E-state index in [2.05, 4.69) is 0 Å². The van der Waals surface area contributed by atoms with Gasteiger partial charge in [-0.1, -0.05) is 25.7 Å². The van der Waals surface area contributed by atoms with Gasteiger partial charge < -0.3 is 9.84 Å². The molecule has 3 fully saturated rings. The van der Waals surface area contributed by atoms with E-state index in [0.29, 0.717) is 6.42 Å². The van der Waals surface area contributed by atoms with Crippen molar-refractivity contribution in [1.29, 1.82) is 0 Å². The predicted molar refractivity (Wildman–Crippen MR) is 63.9 cm³/mol. The van der Waals surface area contributed by atoms with Crippen LogP contribution < -0.4 is 0 Å². The maximum atomic E-state index is 12.2. The Morgan fingerprint density at radius 2 is 1.78 bits per heavy atom. The van der Waals surface area contributed by atoms with Crippen molar-refractivity contribution in [1.82, 2.24) is 0 Å². The third-order valence-corrected chi connectivity index (χ3v) is 5.25. The molecule has 100 valence electrons. The van der Waals surface area contributed by atoms with Crippen LogP contribution in [0.2, 0.25) is 0 Å². The van der Waals surface area contributed by atoms with E-state index >= 15 is 0 Å². The highest BCUT2D eigenvalue weighted by atomic mass is 16.6. The molecule has 0 aromatic heterocycles. The lowest BCUT2D eigenvalue weighted by molar-refractivity contribution is -0.176. The van der Waals surface area contributed by atoms with Gasteiger partial charge in [0.05, 0.1) is 5.41 Å². The number of carboxylic acids is 1. The minimum absolute atomic E-state index is 0.0268. The van der Waals surface area contributed by atoms with E-state index in [1.54, 1.807) is 0 Å². The van der Waals surface area contributed by atoms with Crippen LogP contribution in [0.25, 0.3) is 0 Å². The number of rotatable bonds is 2. The van der Waals surface area contributed by atoms with Crippen LogP contribution in [-0.4, -0.2) is 22.6 Å². The number of carbonyl (C=O) groups is 2. The maximum absolute atomic E-state index is 12.2. The molecule has 0 aromatic rings. The number of esters is 1.